The summed E-state index contributed by atoms with van der Waals surface area (Å²) in [4.78, 5) is 23.8. The second-order valence-corrected chi connectivity index (χ2v) is 11.1. The molecule has 2 saturated heterocycles. The highest BCUT2D eigenvalue weighted by Crippen LogP contribution is 2.36. The van der Waals surface area contributed by atoms with Gasteiger partial charge in [-0.25, -0.2) is 21.1 Å². The lowest BCUT2D eigenvalue weighted by Crippen LogP contribution is -2.40. The number of carbonyl (C=O) groups excluding carboxylic acids is 2. The minimum absolute atomic E-state index is 0.0333. The molecule has 0 radical (unpaired) electrons. The average Bonchev–Trinajstić information content (AvgIpc) is 2.93. The summed E-state index contributed by atoms with van der Waals surface area (Å²) < 4.78 is 63.1. The van der Waals surface area contributed by atoms with Crippen LogP contribution in [0.5, 0.6) is 5.75 Å². The molecule has 0 saturated carbocycles. The lowest BCUT2D eigenvalue weighted by atomic mass is 9.99. The largest absolute Gasteiger partial charge is 0.495 e. The summed E-state index contributed by atoms with van der Waals surface area (Å²) in [6, 6.07) is 3.82. The number of amides is 1. The molecule has 0 spiro atoms. The van der Waals surface area contributed by atoms with Gasteiger partial charge in [-0.1, -0.05) is 6.92 Å². The van der Waals surface area contributed by atoms with Crippen LogP contribution in [0, 0.1) is 11.8 Å². The summed E-state index contributed by atoms with van der Waals surface area (Å²) >= 11 is 0. The van der Waals surface area contributed by atoms with Crippen molar-refractivity contribution in [3.63, 3.8) is 0 Å². The van der Waals surface area contributed by atoms with Crippen molar-refractivity contribution in [1.29, 1.82) is 0 Å². The molecule has 1 aromatic rings. The van der Waals surface area contributed by atoms with Crippen LogP contribution < -0.4 is 9.04 Å². The van der Waals surface area contributed by atoms with Crippen LogP contribution in [0.25, 0.3) is 0 Å². The van der Waals surface area contributed by atoms with Gasteiger partial charge in [0, 0.05) is 13.1 Å². The molecule has 2 aliphatic rings. The standard InChI is InChI=1S/C18H24N2O8S2/c1-12-11-29(23,24)20(17(12)21)14-4-5-15(27-2)16(10-14)30(25,26)19-8-6-13(7-9-19)18(22)28-3/h4-5,10,12-13H,6-9,11H2,1-3H3/t12-/m0/s1. The summed E-state index contributed by atoms with van der Waals surface area (Å²) in [5.41, 5.74) is -0.0480. The van der Waals surface area contributed by atoms with Gasteiger partial charge in [-0.2, -0.15) is 4.31 Å². The number of esters is 1. The lowest BCUT2D eigenvalue weighted by Gasteiger charge is -2.30. The van der Waals surface area contributed by atoms with Gasteiger partial charge in [0.25, 0.3) is 0 Å². The monoisotopic (exact) mass is 460 g/mol. The van der Waals surface area contributed by atoms with E-state index in [0.717, 1.165) is 6.07 Å². The molecule has 0 N–H and O–H groups in total. The lowest BCUT2D eigenvalue weighted by molar-refractivity contribution is -0.146. The summed E-state index contributed by atoms with van der Waals surface area (Å²) in [5, 5.41) is 0. The average molecular weight is 461 g/mol. The molecule has 1 aromatic carbocycles. The van der Waals surface area contributed by atoms with Crippen LogP contribution in [0.2, 0.25) is 0 Å². The third-order valence-electron chi connectivity index (χ3n) is 5.35. The Morgan fingerprint density at radius 3 is 2.30 bits per heavy atom. The van der Waals surface area contributed by atoms with Crippen LogP contribution in [0.4, 0.5) is 5.69 Å². The molecule has 3 rings (SSSR count). The Morgan fingerprint density at radius 2 is 1.80 bits per heavy atom. The highest BCUT2D eigenvalue weighted by atomic mass is 32.2. The fraction of sp³-hybridized carbons (Fsp3) is 0.556. The predicted molar refractivity (Wildman–Crippen MR) is 107 cm³/mol. The second-order valence-electron chi connectivity index (χ2n) is 7.32. The molecule has 2 heterocycles. The van der Waals surface area contributed by atoms with E-state index in [0.29, 0.717) is 17.1 Å². The topological polar surface area (TPSA) is 127 Å². The summed E-state index contributed by atoms with van der Waals surface area (Å²) in [6.45, 7) is 1.72. The van der Waals surface area contributed by atoms with E-state index in [4.69, 9.17) is 9.47 Å². The molecular formula is C18H24N2O8S2. The van der Waals surface area contributed by atoms with Crippen molar-refractivity contribution >= 4 is 37.6 Å². The van der Waals surface area contributed by atoms with E-state index < -0.39 is 31.9 Å². The first kappa shape index (κ1) is 22.5. The zero-order valence-electron chi connectivity index (χ0n) is 16.9. The van der Waals surface area contributed by atoms with E-state index in [2.05, 4.69) is 0 Å². The first-order valence-corrected chi connectivity index (χ1v) is 12.4. The van der Waals surface area contributed by atoms with Crippen molar-refractivity contribution in [3.8, 4) is 5.75 Å². The molecule has 0 unspecified atom stereocenters. The van der Waals surface area contributed by atoms with Gasteiger partial charge in [0.15, 0.2) is 0 Å². The maximum absolute atomic E-state index is 13.3. The predicted octanol–water partition coefficient (Wildman–Crippen LogP) is 0.581. The molecule has 2 aliphatic heterocycles. The number of anilines is 1. The second kappa shape index (κ2) is 8.16. The van der Waals surface area contributed by atoms with E-state index in [-0.39, 0.29) is 47.1 Å². The van der Waals surface area contributed by atoms with Crippen LogP contribution >= 0.6 is 0 Å². The zero-order chi connectivity index (χ0) is 22.3. The van der Waals surface area contributed by atoms with E-state index in [1.165, 1.54) is 37.6 Å². The van der Waals surface area contributed by atoms with E-state index >= 15 is 0 Å². The number of hydrogen-bond donors (Lipinski definition) is 0. The van der Waals surface area contributed by atoms with Gasteiger partial charge in [0.2, 0.25) is 26.0 Å². The maximum Gasteiger partial charge on any atom is 0.308 e. The highest BCUT2D eigenvalue weighted by molar-refractivity contribution is 7.94. The van der Waals surface area contributed by atoms with E-state index in [1.54, 1.807) is 0 Å². The molecule has 12 heteroatoms. The fourth-order valence-corrected chi connectivity index (χ4v) is 7.18. The molecule has 0 bridgehead atoms. The van der Waals surface area contributed by atoms with Crippen LogP contribution in [0.3, 0.4) is 0 Å². The quantitative estimate of drug-likeness (QED) is 0.584. The molecule has 2 fully saturated rings. The van der Waals surface area contributed by atoms with E-state index in [1.807, 2.05) is 0 Å². The van der Waals surface area contributed by atoms with Crippen LogP contribution in [-0.2, 0) is 34.4 Å². The molecule has 0 aliphatic carbocycles. The van der Waals surface area contributed by atoms with Crippen LogP contribution in [0.1, 0.15) is 19.8 Å². The Hall–Kier alpha value is -2.18. The maximum atomic E-state index is 13.3. The third-order valence-corrected chi connectivity index (χ3v) is 9.14. The van der Waals surface area contributed by atoms with Gasteiger partial charge in [-0.05, 0) is 31.0 Å². The summed E-state index contributed by atoms with van der Waals surface area (Å²) in [6.07, 6.45) is 0.620. The number of piperidine rings is 1. The van der Waals surface area contributed by atoms with Crippen molar-refractivity contribution in [2.75, 3.05) is 37.4 Å². The fourth-order valence-electron chi connectivity index (χ4n) is 3.72. The number of benzene rings is 1. The van der Waals surface area contributed by atoms with Crippen LogP contribution in [-0.4, -0.2) is 66.1 Å². The van der Waals surface area contributed by atoms with Crippen molar-refractivity contribution < 1.29 is 35.9 Å². The van der Waals surface area contributed by atoms with Gasteiger partial charge in [0.05, 0.1) is 37.5 Å². The third kappa shape index (κ3) is 3.91. The number of methoxy groups -OCH3 is 2. The SMILES string of the molecule is COC(=O)C1CCN(S(=O)(=O)c2cc(N3C(=O)[C@@H](C)CS3(=O)=O)ccc2OC)CC1. The molecule has 1 atom stereocenters. The molecule has 1 amide bonds. The number of nitrogens with zero attached hydrogens (tertiary/aromatic N) is 2. The molecular weight excluding hydrogens is 436 g/mol. The highest BCUT2D eigenvalue weighted by Gasteiger charge is 2.43. The number of hydrogen-bond acceptors (Lipinski definition) is 8. The molecule has 10 nitrogen and oxygen atoms in total. The molecule has 0 aromatic heterocycles. The van der Waals surface area contributed by atoms with Crippen molar-refractivity contribution in [3.05, 3.63) is 18.2 Å². The smallest absolute Gasteiger partial charge is 0.308 e. The van der Waals surface area contributed by atoms with Gasteiger partial charge >= 0.3 is 5.97 Å². The first-order chi connectivity index (χ1) is 14.0. The van der Waals surface area contributed by atoms with Gasteiger partial charge < -0.3 is 9.47 Å². The minimum Gasteiger partial charge on any atom is -0.495 e. The Morgan fingerprint density at radius 1 is 1.17 bits per heavy atom. The Kier molecular flexibility index (Phi) is 6.12. The molecule has 30 heavy (non-hydrogen) atoms. The molecule has 166 valence electrons. The van der Waals surface area contributed by atoms with Crippen molar-refractivity contribution in [2.45, 2.75) is 24.7 Å². The Labute approximate surface area is 175 Å². The number of rotatable bonds is 5. The van der Waals surface area contributed by atoms with Gasteiger partial charge in [-0.15, -0.1) is 0 Å². The van der Waals surface area contributed by atoms with Gasteiger partial charge in [0.1, 0.15) is 10.6 Å². The Balaban J connectivity index is 1.96. The Bertz CT molecular complexity index is 1060. The van der Waals surface area contributed by atoms with Crippen molar-refractivity contribution in [2.24, 2.45) is 11.8 Å². The summed E-state index contributed by atoms with van der Waals surface area (Å²) in [5.74, 6) is -2.37. The first-order valence-electron chi connectivity index (χ1n) is 9.35. The zero-order valence-corrected chi connectivity index (χ0v) is 18.5. The number of carbonyl (C=O) groups is 2. The number of sulfonamides is 2. The van der Waals surface area contributed by atoms with Crippen LogP contribution in [0.15, 0.2) is 23.1 Å². The summed E-state index contributed by atoms with van der Waals surface area (Å²) in [7, 11) is -5.35. The normalized spacial score (nSPS) is 22.8. The van der Waals surface area contributed by atoms with E-state index in [9.17, 15) is 26.4 Å². The number of ether oxygens (including phenoxy) is 2. The minimum atomic E-state index is -4.06. The van der Waals surface area contributed by atoms with Crippen molar-refractivity contribution in [1.82, 2.24) is 4.31 Å². The van der Waals surface area contributed by atoms with Gasteiger partial charge in [-0.3, -0.25) is 9.59 Å².